The van der Waals surface area contributed by atoms with Gasteiger partial charge < -0.3 is 10.1 Å². The number of nitrogens with one attached hydrogen (secondary N) is 1. The Kier molecular flexibility index (Phi) is 3.81. The number of carbonyl (C=O) groups excluding carboxylic acids is 1. The molecule has 0 fully saturated rings. The van der Waals surface area contributed by atoms with Crippen molar-refractivity contribution in [2.75, 3.05) is 7.11 Å². The summed E-state index contributed by atoms with van der Waals surface area (Å²) in [6, 6.07) is 3.86. The second kappa shape index (κ2) is 4.78. The first-order valence-electron chi connectivity index (χ1n) is 5.72. The predicted molar refractivity (Wildman–Crippen MR) is 69.7 cm³/mol. The van der Waals surface area contributed by atoms with Crippen molar-refractivity contribution in [3.05, 3.63) is 28.8 Å². The Balaban J connectivity index is 3.16. The van der Waals surface area contributed by atoms with Crippen molar-refractivity contribution >= 4 is 5.91 Å². The second-order valence-corrected chi connectivity index (χ2v) is 5.37. The highest BCUT2D eigenvalue weighted by Gasteiger charge is 2.19. The Morgan fingerprint density at radius 1 is 1.24 bits per heavy atom. The maximum absolute atomic E-state index is 12.2. The number of amides is 1. The summed E-state index contributed by atoms with van der Waals surface area (Å²) in [7, 11) is 1.59. The molecule has 1 rings (SSSR count). The highest BCUT2D eigenvalue weighted by molar-refractivity contribution is 5.98. The van der Waals surface area contributed by atoms with Crippen LogP contribution >= 0.6 is 0 Å². The fourth-order valence-corrected chi connectivity index (χ4v) is 1.80. The average molecular weight is 235 g/mol. The normalized spacial score (nSPS) is 11.2. The zero-order valence-electron chi connectivity index (χ0n) is 11.5. The zero-order valence-corrected chi connectivity index (χ0v) is 11.5. The van der Waals surface area contributed by atoms with Crippen LogP contribution in [0.4, 0.5) is 0 Å². The quantitative estimate of drug-likeness (QED) is 0.856. The van der Waals surface area contributed by atoms with Crippen LogP contribution in [0.1, 0.15) is 42.3 Å². The number of aryl methyl sites for hydroxylation is 2. The molecule has 0 radical (unpaired) electrons. The first-order valence-corrected chi connectivity index (χ1v) is 5.72. The number of ether oxygens (including phenoxy) is 1. The third-order valence-electron chi connectivity index (χ3n) is 2.36. The lowest BCUT2D eigenvalue weighted by molar-refractivity contribution is 0.0916. The van der Waals surface area contributed by atoms with Crippen LogP contribution in [0.2, 0.25) is 0 Å². The van der Waals surface area contributed by atoms with E-state index in [0.717, 1.165) is 11.1 Å². The molecule has 0 aliphatic carbocycles. The van der Waals surface area contributed by atoms with Gasteiger partial charge in [-0.1, -0.05) is 6.07 Å². The molecule has 0 heterocycles. The third-order valence-corrected chi connectivity index (χ3v) is 2.36. The van der Waals surface area contributed by atoms with E-state index in [9.17, 15) is 4.79 Å². The Bertz CT molecular complexity index is 431. The second-order valence-electron chi connectivity index (χ2n) is 5.37. The monoisotopic (exact) mass is 235 g/mol. The van der Waals surface area contributed by atoms with Gasteiger partial charge in [-0.2, -0.15) is 0 Å². The summed E-state index contributed by atoms with van der Waals surface area (Å²) in [5.41, 5.74) is 2.38. The summed E-state index contributed by atoms with van der Waals surface area (Å²) >= 11 is 0. The van der Waals surface area contributed by atoms with Crippen LogP contribution in [0, 0.1) is 13.8 Å². The third kappa shape index (κ3) is 3.48. The Hall–Kier alpha value is -1.51. The minimum absolute atomic E-state index is 0.0962. The highest BCUT2D eigenvalue weighted by atomic mass is 16.5. The summed E-state index contributed by atoms with van der Waals surface area (Å²) in [4.78, 5) is 12.2. The lowest BCUT2D eigenvalue weighted by atomic mass is 10.0. The molecule has 0 saturated heterocycles. The molecule has 0 atom stereocenters. The van der Waals surface area contributed by atoms with Crippen molar-refractivity contribution in [2.45, 2.75) is 40.2 Å². The largest absolute Gasteiger partial charge is 0.496 e. The molecule has 3 heteroatoms. The van der Waals surface area contributed by atoms with Gasteiger partial charge in [-0.3, -0.25) is 4.79 Å². The number of rotatable bonds is 2. The molecule has 1 aromatic rings. The Morgan fingerprint density at radius 2 is 1.82 bits per heavy atom. The minimum atomic E-state index is -0.250. The summed E-state index contributed by atoms with van der Waals surface area (Å²) in [6.07, 6.45) is 0. The van der Waals surface area contributed by atoms with Crippen molar-refractivity contribution in [2.24, 2.45) is 0 Å². The zero-order chi connectivity index (χ0) is 13.2. The minimum Gasteiger partial charge on any atom is -0.496 e. The van der Waals surface area contributed by atoms with E-state index in [2.05, 4.69) is 5.32 Å². The van der Waals surface area contributed by atoms with Gasteiger partial charge >= 0.3 is 0 Å². The van der Waals surface area contributed by atoms with Crippen LogP contribution in [-0.4, -0.2) is 18.6 Å². The topological polar surface area (TPSA) is 38.3 Å². The van der Waals surface area contributed by atoms with Gasteiger partial charge in [0.15, 0.2) is 0 Å². The maximum atomic E-state index is 12.2. The van der Waals surface area contributed by atoms with Gasteiger partial charge in [0.05, 0.1) is 12.7 Å². The highest BCUT2D eigenvalue weighted by Crippen LogP contribution is 2.25. The van der Waals surface area contributed by atoms with Gasteiger partial charge in [0.25, 0.3) is 5.91 Å². The molecule has 0 bridgehead atoms. The van der Waals surface area contributed by atoms with Crippen LogP contribution in [0.3, 0.4) is 0 Å². The Morgan fingerprint density at radius 3 is 2.29 bits per heavy atom. The first-order chi connectivity index (χ1) is 7.74. The molecular weight excluding hydrogens is 214 g/mol. The standard InChI is InChI=1S/C14H21NO2/c1-9-7-10(2)12(17-6)11(8-9)13(16)15-14(3,4)5/h7-8H,1-6H3,(H,15,16). The van der Waals surface area contributed by atoms with Crippen molar-refractivity contribution in [3.8, 4) is 5.75 Å². The number of hydrogen-bond donors (Lipinski definition) is 1. The van der Waals surface area contributed by atoms with Crippen LogP contribution in [-0.2, 0) is 0 Å². The predicted octanol–water partition coefficient (Wildman–Crippen LogP) is 2.84. The van der Waals surface area contributed by atoms with E-state index in [0.29, 0.717) is 11.3 Å². The molecule has 17 heavy (non-hydrogen) atoms. The lowest BCUT2D eigenvalue weighted by Gasteiger charge is -2.22. The Labute approximate surface area is 103 Å². The molecule has 0 saturated carbocycles. The van der Waals surface area contributed by atoms with Crippen LogP contribution in [0.5, 0.6) is 5.75 Å². The molecule has 1 amide bonds. The average Bonchev–Trinajstić information content (AvgIpc) is 2.13. The molecule has 94 valence electrons. The summed E-state index contributed by atoms with van der Waals surface area (Å²) < 4.78 is 5.31. The van der Waals surface area contributed by atoms with Crippen molar-refractivity contribution < 1.29 is 9.53 Å². The van der Waals surface area contributed by atoms with Crippen molar-refractivity contribution in [1.29, 1.82) is 0 Å². The van der Waals surface area contributed by atoms with Gasteiger partial charge in [-0.25, -0.2) is 0 Å². The van der Waals surface area contributed by atoms with Gasteiger partial charge in [-0.15, -0.1) is 0 Å². The molecular formula is C14H21NO2. The fourth-order valence-electron chi connectivity index (χ4n) is 1.80. The molecule has 0 aliphatic rings. The van der Waals surface area contributed by atoms with E-state index in [-0.39, 0.29) is 11.4 Å². The van der Waals surface area contributed by atoms with Crippen molar-refractivity contribution in [3.63, 3.8) is 0 Å². The number of methoxy groups -OCH3 is 1. The van der Waals surface area contributed by atoms with Crippen LogP contribution < -0.4 is 10.1 Å². The maximum Gasteiger partial charge on any atom is 0.255 e. The SMILES string of the molecule is COc1c(C)cc(C)cc1C(=O)NC(C)(C)C. The number of carbonyl (C=O) groups is 1. The molecule has 0 spiro atoms. The summed E-state index contributed by atoms with van der Waals surface area (Å²) in [6.45, 7) is 9.79. The summed E-state index contributed by atoms with van der Waals surface area (Å²) in [5.74, 6) is 0.554. The molecule has 3 nitrogen and oxygen atoms in total. The van der Waals surface area contributed by atoms with Crippen LogP contribution in [0.25, 0.3) is 0 Å². The first kappa shape index (κ1) is 13.6. The molecule has 0 aromatic heterocycles. The number of hydrogen-bond acceptors (Lipinski definition) is 2. The molecule has 1 aromatic carbocycles. The van der Waals surface area contributed by atoms with E-state index in [1.807, 2.05) is 46.8 Å². The summed E-state index contributed by atoms with van der Waals surface area (Å²) in [5, 5.41) is 2.95. The fraction of sp³-hybridized carbons (Fsp3) is 0.500. The van der Waals surface area contributed by atoms with E-state index < -0.39 is 0 Å². The van der Waals surface area contributed by atoms with Gasteiger partial charge in [-0.05, 0) is 51.8 Å². The van der Waals surface area contributed by atoms with Crippen LogP contribution in [0.15, 0.2) is 12.1 Å². The van der Waals surface area contributed by atoms with Gasteiger partial charge in [0.1, 0.15) is 5.75 Å². The van der Waals surface area contributed by atoms with E-state index in [1.54, 1.807) is 7.11 Å². The molecule has 1 N–H and O–H groups in total. The van der Waals surface area contributed by atoms with Crippen molar-refractivity contribution in [1.82, 2.24) is 5.32 Å². The van der Waals surface area contributed by atoms with E-state index in [1.165, 1.54) is 0 Å². The van der Waals surface area contributed by atoms with E-state index in [4.69, 9.17) is 4.74 Å². The lowest BCUT2D eigenvalue weighted by Crippen LogP contribution is -2.40. The van der Waals surface area contributed by atoms with Gasteiger partial charge in [0.2, 0.25) is 0 Å². The van der Waals surface area contributed by atoms with E-state index >= 15 is 0 Å². The molecule has 0 unspecified atom stereocenters. The van der Waals surface area contributed by atoms with Gasteiger partial charge in [0, 0.05) is 5.54 Å². The molecule has 0 aliphatic heterocycles. The number of benzene rings is 1. The smallest absolute Gasteiger partial charge is 0.255 e.